The molecule has 0 fully saturated rings. The van der Waals surface area contributed by atoms with Gasteiger partial charge in [0.05, 0.1) is 11.1 Å². The van der Waals surface area contributed by atoms with Crippen LogP contribution in [0.3, 0.4) is 0 Å². The van der Waals surface area contributed by atoms with Crippen LogP contribution >= 0.6 is 0 Å². The van der Waals surface area contributed by atoms with Gasteiger partial charge in [0.1, 0.15) is 0 Å². The van der Waals surface area contributed by atoms with Crippen molar-refractivity contribution in [2.45, 2.75) is 89.4 Å². The molecule has 0 aliphatic heterocycles. The Morgan fingerprint density at radius 1 is 0.439 bits per heavy atom. The number of benzene rings is 7. The Bertz CT molecular complexity index is 2590. The van der Waals surface area contributed by atoms with Crippen molar-refractivity contribution < 1.29 is 0 Å². The van der Waals surface area contributed by atoms with Gasteiger partial charge in [-0.2, -0.15) is 0 Å². The van der Waals surface area contributed by atoms with Crippen molar-refractivity contribution in [2.24, 2.45) is 0 Å². The minimum absolute atomic E-state index is 0.0155. The summed E-state index contributed by atoms with van der Waals surface area (Å²) in [6.07, 6.45) is 7.17. The van der Waals surface area contributed by atoms with E-state index in [0.717, 1.165) is 12.8 Å². The van der Waals surface area contributed by atoms with E-state index in [0.29, 0.717) is 0 Å². The second-order valence-corrected chi connectivity index (χ2v) is 18.2. The summed E-state index contributed by atoms with van der Waals surface area (Å²) in [6, 6.07) is 60.2. The minimum atomic E-state index is -0.506. The van der Waals surface area contributed by atoms with Crippen molar-refractivity contribution in [1.29, 1.82) is 0 Å². The van der Waals surface area contributed by atoms with Gasteiger partial charge in [0.25, 0.3) is 0 Å². The second-order valence-electron chi connectivity index (χ2n) is 18.2. The molecule has 0 spiro atoms. The number of para-hydroxylation sites is 1. The third-order valence-electron chi connectivity index (χ3n) is 13.9. The number of nitrogens with zero attached hydrogens (tertiary/aromatic N) is 1. The maximum absolute atomic E-state index is 2.60. The highest BCUT2D eigenvalue weighted by Gasteiger charge is 2.47. The zero-order valence-corrected chi connectivity index (χ0v) is 34.2. The van der Waals surface area contributed by atoms with Crippen LogP contribution < -0.4 is 4.90 Å². The van der Waals surface area contributed by atoms with Gasteiger partial charge in [-0.05, 0) is 159 Å². The van der Waals surface area contributed by atoms with Crippen molar-refractivity contribution >= 4 is 17.1 Å². The van der Waals surface area contributed by atoms with Crippen molar-refractivity contribution in [3.8, 4) is 22.3 Å². The molecule has 0 N–H and O–H groups in total. The third kappa shape index (κ3) is 5.57. The average molecular weight is 740 g/mol. The first kappa shape index (κ1) is 35.7. The van der Waals surface area contributed by atoms with Crippen LogP contribution in [-0.2, 0) is 29.1 Å². The molecule has 0 heterocycles. The Labute approximate surface area is 340 Å². The lowest BCUT2D eigenvalue weighted by atomic mass is 9.60. The first-order valence-electron chi connectivity index (χ1n) is 21.2. The topological polar surface area (TPSA) is 3.24 Å². The molecule has 282 valence electrons. The standard InChI is InChI=1S/C56H53N/c1-38-29-32-46(53-52(38)54(2,3)33-34-55(53,4)5)48-36-47-45-27-17-18-28-49(45)56(41-21-9-6-10-22-41,42-23-11-7-12-24-42)50(47)37-51(48)57(43-25-13-8-14-26-43)44-31-30-39-19-15-16-20-40(39)35-44/h6-14,17-18,21-32,35-37H,15-16,19-20,33-34H2,1-5H3. The number of fused-ring (bicyclic) bond motifs is 5. The lowest BCUT2D eigenvalue weighted by molar-refractivity contribution is 0.331. The zero-order chi connectivity index (χ0) is 38.9. The first-order valence-corrected chi connectivity index (χ1v) is 21.2. The number of hydrogen-bond donors (Lipinski definition) is 0. The monoisotopic (exact) mass is 739 g/mol. The fourth-order valence-electron chi connectivity index (χ4n) is 11.1. The fraction of sp³-hybridized carbons (Fsp3) is 0.250. The van der Waals surface area contributed by atoms with Crippen LogP contribution in [0.1, 0.15) is 103 Å². The van der Waals surface area contributed by atoms with E-state index in [4.69, 9.17) is 0 Å². The summed E-state index contributed by atoms with van der Waals surface area (Å²) in [5.41, 5.74) is 21.2. The molecule has 3 aliphatic rings. The third-order valence-corrected chi connectivity index (χ3v) is 13.9. The number of hydrogen-bond acceptors (Lipinski definition) is 1. The van der Waals surface area contributed by atoms with Crippen LogP contribution in [0.5, 0.6) is 0 Å². The van der Waals surface area contributed by atoms with Crippen molar-refractivity contribution in [2.75, 3.05) is 4.90 Å². The molecule has 1 nitrogen and oxygen atoms in total. The lowest BCUT2D eigenvalue weighted by Crippen LogP contribution is -2.35. The van der Waals surface area contributed by atoms with E-state index in [1.54, 1.807) is 0 Å². The summed E-state index contributed by atoms with van der Waals surface area (Å²) in [5.74, 6) is 0. The highest BCUT2D eigenvalue weighted by Crippen LogP contribution is 2.60. The Morgan fingerprint density at radius 3 is 1.72 bits per heavy atom. The molecule has 57 heavy (non-hydrogen) atoms. The van der Waals surface area contributed by atoms with E-state index in [1.165, 1.54) is 115 Å². The van der Waals surface area contributed by atoms with Crippen LogP contribution in [0.2, 0.25) is 0 Å². The van der Waals surface area contributed by atoms with Gasteiger partial charge < -0.3 is 4.90 Å². The molecule has 0 aromatic heterocycles. The van der Waals surface area contributed by atoms with Crippen LogP contribution in [0.15, 0.2) is 158 Å². The number of rotatable bonds is 6. The minimum Gasteiger partial charge on any atom is -0.310 e. The van der Waals surface area contributed by atoms with E-state index >= 15 is 0 Å². The molecule has 0 radical (unpaired) electrons. The van der Waals surface area contributed by atoms with Crippen LogP contribution in [-0.4, -0.2) is 0 Å². The second kappa shape index (κ2) is 13.5. The van der Waals surface area contributed by atoms with Crippen molar-refractivity contribution in [3.63, 3.8) is 0 Å². The summed E-state index contributed by atoms with van der Waals surface area (Å²) in [7, 11) is 0. The SMILES string of the molecule is Cc1ccc(-c2cc3c(cc2N(c2ccccc2)c2ccc4c(c2)CCCC4)C(c2ccccc2)(c2ccccc2)c2ccccc2-3)c2c1C(C)(C)CCC2(C)C. The van der Waals surface area contributed by atoms with Gasteiger partial charge >= 0.3 is 0 Å². The van der Waals surface area contributed by atoms with Gasteiger partial charge in [0, 0.05) is 16.9 Å². The molecule has 3 aliphatic carbocycles. The summed E-state index contributed by atoms with van der Waals surface area (Å²) in [4.78, 5) is 2.58. The zero-order valence-electron chi connectivity index (χ0n) is 34.2. The van der Waals surface area contributed by atoms with E-state index < -0.39 is 5.41 Å². The Morgan fingerprint density at radius 2 is 1.04 bits per heavy atom. The van der Waals surface area contributed by atoms with Crippen LogP contribution in [0.4, 0.5) is 17.1 Å². The van der Waals surface area contributed by atoms with Gasteiger partial charge in [-0.1, -0.05) is 149 Å². The Hall–Kier alpha value is -5.66. The van der Waals surface area contributed by atoms with Gasteiger partial charge in [0.15, 0.2) is 0 Å². The quantitative estimate of drug-likeness (QED) is 0.164. The maximum atomic E-state index is 2.60. The van der Waals surface area contributed by atoms with E-state index in [2.05, 4.69) is 197 Å². The van der Waals surface area contributed by atoms with Gasteiger partial charge in [0.2, 0.25) is 0 Å². The van der Waals surface area contributed by atoms with E-state index in [9.17, 15) is 0 Å². The molecule has 1 heteroatoms. The summed E-state index contributed by atoms with van der Waals surface area (Å²) in [6.45, 7) is 12.2. The predicted molar refractivity (Wildman–Crippen MR) is 241 cm³/mol. The van der Waals surface area contributed by atoms with Crippen LogP contribution in [0, 0.1) is 6.92 Å². The summed E-state index contributed by atoms with van der Waals surface area (Å²) >= 11 is 0. The molecule has 0 unspecified atom stereocenters. The lowest BCUT2D eigenvalue weighted by Gasteiger charge is -2.44. The normalized spacial score (nSPS) is 16.9. The Balaban J connectivity index is 1.37. The van der Waals surface area contributed by atoms with Gasteiger partial charge in [-0.3, -0.25) is 0 Å². The molecule has 7 aromatic rings. The van der Waals surface area contributed by atoms with Crippen molar-refractivity contribution in [1.82, 2.24) is 0 Å². The molecule has 0 atom stereocenters. The number of anilines is 3. The summed E-state index contributed by atoms with van der Waals surface area (Å²) < 4.78 is 0. The van der Waals surface area contributed by atoms with Crippen LogP contribution in [0.25, 0.3) is 22.3 Å². The maximum Gasteiger partial charge on any atom is 0.0714 e. The molecule has 10 rings (SSSR count). The highest BCUT2D eigenvalue weighted by atomic mass is 15.1. The molecule has 0 bridgehead atoms. The highest BCUT2D eigenvalue weighted by molar-refractivity contribution is 5.97. The fourth-order valence-corrected chi connectivity index (χ4v) is 11.1. The predicted octanol–water partition coefficient (Wildman–Crippen LogP) is 14.7. The van der Waals surface area contributed by atoms with Gasteiger partial charge in [-0.25, -0.2) is 0 Å². The molecule has 0 saturated carbocycles. The Kier molecular flexibility index (Phi) is 8.45. The number of aryl methyl sites for hydroxylation is 3. The average Bonchev–Trinajstić information content (AvgIpc) is 3.53. The smallest absolute Gasteiger partial charge is 0.0714 e. The molecular formula is C56H53N. The molecule has 7 aromatic carbocycles. The van der Waals surface area contributed by atoms with E-state index in [-0.39, 0.29) is 10.8 Å². The molecular weight excluding hydrogens is 687 g/mol. The van der Waals surface area contributed by atoms with Crippen molar-refractivity contribution in [3.05, 3.63) is 208 Å². The van der Waals surface area contributed by atoms with E-state index in [1.807, 2.05) is 0 Å². The van der Waals surface area contributed by atoms with Gasteiger partial charge in [-0.15, -0.1) is 0 Å². The first-order chi connectivity index (χ1) is 27.7. The molecule has 0 amide bonds. The molecule has 0 saturated heterocycles. The largest absolute Gasteiger partial charge is 0.310 e. The summed E-state index contributed by atoms with van der Waals surface area (Å²) in [5, 5.41) is 0.